The average Bonchev–Trinajstić information content (AvgIpc) is 2.92. The molecule has 2 saturated heterocycles. The molecule has 0 amide bonds. The molecule has 2 N–H and O–H groups in total. The van der Waals surface area contributed by atoms with Gasteiger partial charge in [0.1, 0.15) is 0 Å². The van der Waals surface area contributed by atoms with Crippen molar-refractivity contribution in [2.75, 3.05) is 23.7 Å². The largest absolute Gasteiger partial charge is 0.367 e. The molecule has 2 heterocycles. The van der Waals surface area contributed by atoms with Gasteiger partial charge in [-0.1, -0.05) is 12.1 Å². The lowest BCUT2D eigenvalue weighted by molar-refractivity contribution is 0.763. The second-order valence-electron chi connectivity index (χ2n) is 4.70. The van der Waals surface area contributed by atoms with Crippen molar-refractivity contribution in [3.63, 3.8) is 0 Å². The highest BCUT2D eigenvalue weighted by Gasteiger charge is 2.38. The molecule has 0 aliphatic carbocycles. The molecule has 2 nitrogen and oxygen atoms in total. The monoisotopic (exact) mass is 234 g/mol. The van der Waals surface area contributed by atoms with Crippen LogP contribution in [0.1, 0.15) is 12.0 Å². The molecule has 2 aliphatic rings. The van der Waals surface area contributed by atoms with Crippen LogP contribution in [0.2, 0.25) is 0 Å². The molecule has 2 fully saturated rings. The molecule has 16 heavy (non-hydrogen) atoms. The van der Waals surface area contributed by atoms with Gasteiger partial charge >= 0.3 is 0 Å². The summed E-state index contributed by atoms with van der Waals surface area (Å²) in [5.41, 5.74) is 8.31. The molecule has 1 aromatic rings. The molecule has 3 rings (SSSR count). The number of hydrogen-bond donors (Lipinski definition) is 1. The summed E-state index contributed by atoms with van der Waals surface area (Å²) in [6.45, 7) is 1.98. The zero-order valence-corrected chi connectivity index (χ0v) is 10.2. The Morgan fingerprint density at radius 1 is 1.31 bits per heavy atom. The first-order chi connectivity index (χ1) is 7.86. The third-order valence-corrected chi connectivity index (χ3v) is 4.99. The van der Waals surface area contributed by atoms with Crippen molar-refractivity contribution in [3.05, 3.63) is 29.8 Å². The Morgan fingerprint density at radius 3 is 2.69 bits per heavy atom. The van der Waals surface area contributed by atoms with Crippen LogP contribution in [0.15, 0.2) is 24.3 Å². The Hall–Kier alpha value is -0.670. The van der Waals surface area contributed by atoms with E-state index < -0.39 is 0 Å². The quantitative estimate of drug-likeness (QED) is 0.866. The predicted molar refractivity (Wildman–Crippen MR) is 71.2 cm³/mol. The summed E-state index contributed by atoms with van der Waals surface area (Å²) < 4.78 is 0. The molecule has 0 spiro atoms. The van der Waals surface area contributed by atoms with Crippen LogP contribution in [0, 0.1) is 0 Å². The minimum atomic E-state index is 0.740. The first-order valence-electron chi connectivity index (χ1n) is 6.04. The van der Waals surface area contributed by atoms with Crippen LogP contribution in [0.3, 0.4) is 0 Å². The summed E-state index contributed by atoms with van der Waals surface area (Å²) in [6, 6.07) is 9.76. The van der Waals surface area contributed by atoms with Crippen LogP contribution in [0.5, 0.6) is 0 Å². The number of fused-ring (bicyclic) bond motifs is 2. The van der Waals surface area contributed by atoms with Gasteiger partial charge in [-0.25, -0.2) is 0 Å². The average molecular weight is 234 g/mol. The third-order valence-electron chi connectivity index (χ3n) is 3.60. The second-order valence-corrected chi connectivity index (χ2v) is 6.04. The summed E-state index contributed by atoms with van der Waals surface area (Å²) in [5, 5.41) is 0.883. The lowest BCUT2D eigenvalue weighted by Crippen LogP contribution is -2.33. The topological polar surface area (TPSA) is 29.3 Å². The van der Waals surface area contributed by atoms with Gasteiger partial charge in [-0.15, -0.1) is 0 Å². The van der Waals surface area contributed by atoms with Crippen LogP contribution in [-0.2, 0) is 6.42 Å². The van der Waals surface area contributed by atoms with Gasteiger partial charge in [0.2, 0.25) is 0 Å². The minimum Gasteiger partial charge on any atom is -0.367 e. The SMILES string of the molecule is NCCc1ccc(N2CC3CC2CS3)cc1. The van der Waals surface area contributed by atoms with E-state index in [9.17, 15) is 0 Å². The fraction of sp³-hybridized carbons (Fsp3) is 0.538. The number of thioether (sulfide) groups is 1. The zero-order valence-electron chi connectivity index (χ0n) is 9.43. The van der Waals surface area contributed by atoms with Gasteiger partial charge in [-0.05, 0) is 37.1 Å². The Bertz CT molecular complexity index is 363. The smallest absolute Gasteiger partial charge is 0.0392 e. The fourth-order valence-electron chi connectivity index (χ4n) is 2.74. The number of anilines is 1. The first-order valence-corrected chi connectivity index (χ1v) is 7.09. The van der Waals surface area contributed by atoms with Gasteiger partial charge in [-0.3, -0.25) is 0 Å². The standard InChI is InChI=1S/C13H18N2S/c14-6-5-10-1-3-11(4-2-10)15-8-13-7-12(15)9-16-13/h1-4,12-13H,5-9,14H2. The molecule has 1 aromatic carbocycles. The van der Waals surface area contributed by atoms with Crippen molar-refractivity contribution in [2.24, 2.45) is 5.73 Å². The van der Waals surface area contributed by atoms with E-state index in [1.807, 2.05) is 0 Å². The number of rotatable bonds is 3. The number of benzene rings is 1. The van der Waals surface area contributed by atoms with E-state index in [4.69, 9.17) is 5.73 Å². The van der Waals surface area contributed by atoms with Crippen LogP contribution >= 0.6 is 11.8 Å². The maximum Gasteiger partial charge on any atom is 0.0392 e. The Kier molecular flexibility index (Phi) is 2.82. The molecule has 0 aromatic heterocycles. The van der Waals surface area contributed by atoms with Crippen molar-refractivity contribution >= 4 is 17.4 Å². The summed E-state index contributed by atoms with van der Waals surface area (Å²) in [7, 11) is 0. The van der Waals surface area contributed by atoms with Gasteiger partial charge in [-0.2, -0.15) is 11.8 Å². The van der Waals surface area contributed by atoms with E-state index in [1.165, 1.54) is 30.0 Å². The van der Waals surface area contributed by atoms with E-state index in [1.54, 1.807) is 0 Å². The van der Waals surface area contributed by atoms with Crippen LogP contribution in [0.25, 0.3) is 0 Å². The van der Waals surface area contributed by atoms with Crippen molar-refractivity contribution in [3.8, 4) is 0 Å². The molecule has 3 heteroatoms. The summed E-state index contributed by atoms with van der Waals surface area (Å²) in [4.78, 5) is 2.58. The Morgan fingerprint density at radius 2 is 2.12 bits per heavy atom. The molecule has 0 radical (unpaired) electrons. The number of nitrogens with two attached hydrogens (primary N) is 1. The summed E-state index contributed by atoms with van der Waals surface area (Å²) in [6.07, 6.45) is 2.37. The Labute approximate surface area is 101 Å². The second kappa shape index (κ2) is 4.30. The third kappa shape index (κ3) is 1.82. The fourth-order valence-corrected chi connectivity index (χ4v) is 4.17. The van der Waals surface area contributed by atoms with Crippen molar-refractivity contribution in [1.82, 2.24) is 0 Å². The number of nitrogens with zero attached hydrogens (tertiary/aromatic N) is 1. The van der Waals surface area contributed by atoms with Crippen molar-refractivity contribution < 1.29 is 0 Å². The highest BCUT2D eigenvalue weighted by Crippen LogP contribution is 2.39. The zero-order chi connectivity index (χ0) is 11.0. The van der Waals surface area contributed by atoms with Crippen LogP contribution in [-0.4, -0.2) is 30.1 Å². The lowest BCUT2D eigenvalue weighted by atomic mass is 10.1. The van der Waals surface area contributed by atoms with Crippen molar-refractivity contribution in [1.29, 1.82) is 0 Å². The minimum absolute atomic E-state index is 0.740. The molecule has 0 saturated carbocycles. The van der Waals surface area contributed by atoms with E-state index in [0.717, 1.165) is 24.3 Å². The van der Waals surface area contributed by atoms with E-state index in [0.29, 0.717) is 0 Å². The maximum atomic E-state index is 5.56. The molecule has 2 unspecified atom stereocenters. The van der Waals surface area contributed by atoms with Gasteiger partial charge in [0.25, 0.3) is 0 Å². The molecular formula is C13H18N2S. The van der Waals surface area contributed by atoms with Gasteiger partial charge < -0.3 is 10.6 Å². The van der Waals surface area contributed by atoms with Gasteiger partial charge in [0, 0.05) is 29.3 Å². The highest BCUT2D eigenvalue weighted by molar-refractivity contribution is 8.00. The predicted octanol–water partition coefficient (Wildman–Crippen LogP) is 1.88. The van der Waals surface area contributed by atoms with Crippen LogP contribution < -0.4 is 10.6 Å². The van der Waals surface area contributed by atoms with Crippen molar-refractivity contribution in [2.45, 2.75) is 24.1 Å². The van der Waals surface area contributed by atoms with E-state index in [-0.39, 0.29) is 0 Å². The van der Waals surface area contributed by atoms with Gasteiger partial charge in [0.05, 0.1) is 0 Å². The van der Waals surface area contributed by atoms with E-state index >= 15 is 0 Å². The van der Waals surface area contributed by atoms with E-state index in [2.05, 4.69) is 40.9 Å². The Balaban J connectivity index is 1.75. The highest BCUT2D eigenvalue weighted by atomic mass is 32.2. The molecule has 2 bridgehead atoms. The summed E-state index contributed by atoms with van der Waals surface area (Å²) >= 11 is 2.14. The normalized spacial score (nSPS) is 27.7. The first kappa shape index (κ1) is 10.5. The molecule has 2 atom stereocenters. The van der Waals surface area contributed by atoms with Crippen LogP contribution in [0.4, 0.5) is 5.69 Å². The number of hydrogen-bond acceptors (Lipinski definition) is 3. The molecule has 86 valence electrons. The molecular weight excluding hydrogens is 216 g/mol. The van der Waals surface area contributed by atoms with Gasteiger partial charge in [0.15, 0.2) is 0 Å². The lowest BCUT2D eigenvalue weighted by Gasteiger charge is -2.28. The summed E-state index contributed by atoms with van der Waals surface area (Å²) in [5.74, 6) is 1.31. The maximum absolute atomic E-state index is 5.56. The molecule has 2 aliphatic heterocycles.